The normalized spacial score (nSPS) is 11.8. The van der Waals surface area contributed by atoms with Crippen LogP contribution in [0.5, 0.6) is 0 Å². The van der Waals surface area contributed by atoms with Crippen LogP contribution in [0.15, 0.2) is 18.2 Å². The molecule has 0 fully saturated rings. The highest BCUT2D eigenvalue weighted by molar-refractivity contribution is 5.49. The third kappa shape index (κ3) is 3.53. The highest BCUT2D eigenvalue weighted by atomic mass is 14.9. The first-order valence-corrected chi connectivity index (χ1v) is 6.01. The van der Waals surface area contributed by atoms with Crippen LogP contribution in [-0.4, -0.2) is 6.54 Å². The van der Waals surface area contributed by atoms with Crippen molar-refractivity contribution in [1.29, 1.82) is 0 Å². The lowest BCUT2D eigenvalue weighted by molar-refractivity contribution is 0.327. The lowest BCUT2D eigenvalue weighted by Crippen LogP contribution is -2.28. The summed E-state index contributed by atoms with van der Waals surface area (Å²) in [5, 5.41) is 3.51. The van der Waals surface area contributed by atoms with Crippen LogP contribution >= 0.6 is 0 Å². The van der Waals surface area contributed by atoms with Crippen molar-refractivity contribution in [2.45, 2.75) is 40.7 Å². The summed E-state index contributed by atoms with van der Waals surface area (Å²) in [7, 11) is 0. The molecule has 90 valence electrons. The fraction of sp³-hybridized carbons (Fsp3) is 0.571. The third-order valence-electron chi connectivity index (χ3n) is 3.36. The van der Waals surface area contributed by atoms with Crippen LogP contribution in [0.25, 0.3) is 0 Å². The first-order chi connectivity index (χ1) is 7.46. The molecule has 0 heterocycles. The van der Waals surface area contributed by atoms with Gasteiger partial charge in [0.05, 0.1) is 0 Å². The van der Waals surface area contributed by atoms with Crippen LogP contribution in [0.3, 0.4) is 0 Å². The maximum Gasteiger partial charge on any atom is 0.0346 e. The van der Waals surface area contributed by atoms with Crippen LogP contribution in [-0.2, 0) is 6.54 Å². The minimum absolute atomic E-state index is 0.369. The molecule has 0 saturated carbocycles. The van der Waals surface area contributed by atoms with Gasteiger partial charge in [-0.25, -0.2) is 0 Å². The van der Waals surface area contributed by atoms with Gasteiger partial charge in [0, 0.05) is 18.8 Å². The van der Waals surface area contributed by atoms with E-state index >= 15 is 0 Å². The fourth-order valence-electron chi connectivity index (χ4n) is 1.56. The Bertz CT molecular complexity index is 343. The molecule has 0 unspecified atom stereocenters. The molecule has 2 heteroatoms. The topological polar surface area (TPSA) is 38.0 Å². The van der Waals surface area contributed by atoms with Gasteiger partial charge < -0.3 is 11.1 Å². The predicted molar refractivity (Wildman–Crippen MR) is 71.4 cm³/mol. The summed E-state index contributed by atoms with van der Waals surface area (Å²) in [6, 6.07) is 6.11. The molecule has 0 atom stereocenters. The summed E-state index contributed by atoms with van der Waals surface area (Å²) in [6.45, 7) is 10.8. The van der Waals surface area contributed by atoms with E-state index in [-0.39, 0.29) is 0 Å². The Morgan fingerprint density at radius 1 is 1.31 bits per heavy atom. The monoisotopic (exact) mass is 220 g/mol. The largest absolute Gasteiger partial charge is 0.399 e. The van der Waals surface area contributed by atoms with Gasteiger partial charge in [-0.2, -0.15) is 0 Å². The maximum absolute atomic E-state index is 5.88. The molecule has 2 nitrogen and oxygen atoms in total. The van der Waals surface area contributed by atoms with E-state index in [2.05, 4.69) is 39.1 Å². The number of anilines is 1. The van der Waals surface area contributed by atoms with Crippen LogP contribution < -0.4 is 11.1 Å². The summed E-state index contributed by atoms with van der Waals surface area (Å²) in [5.74, 6) is 0. The van der Waals surface area contributed by atoms with E-state index in [1.165, 1.54) is 17.5 Å². The van der Waals surface area contributed by atoms with Crippen molar-refractivity contribution < 1.29 is 0 Å². The summed E-state index contributed by atoms with van der Waals surface area (Å²) in [4.78, 5) is 0. The Labute approximate surface area is 99.2 Å². The molecule has 0 aliphatic heterocycles. The molecule has 1 aromatic rings. The second-order valence-corrected chi connectivity index (χ2v) is 5.25. The van der Waals surface area contributed by atoms with Gasteiger partial charge in [-0.05, 0) is 36.0 Å². The van der Waals surface area contributed by atoms with Crippen molar-refractivity contribution in [1.82, 2.24) is 5.32 Å². The number of benzene rings is 1. The van der Waals surface area contributed by atoms with Crippen molar-refractivity contribution in [3.63, 3.8) is 0 Å². The standard InChI is InChI=1S/C14H24N2/c1-5-14(3,4)10-16-9-12-7-6-8-13(15)11(12)2/h6-8,16H,5,9-10,15H2,1-4H3. The second-order valence-electron chi connectivity index (χ2n) is 5.25. The minimum atomic E-state index is 0.369. The van der Waals surface area contributed by atoms with E-state index in [0.717, 1.165) is 18.8 Å². The molecule has 16 heavy (non-hydrogen) atoms. The lowest BCUT2D eigenvalue weighted by atomic mass is 9.90. The summed E-state index contributed by atoms with van der Waals surface area (Å²) < 4.78 is 0. The SMILES string of the molecule is CCC(C)(C)CNCc1cccc(N)c1C. The van der Waals surface area contributed by atoms with Gasteiger partial charge in [-0.1, -0.05) is 32.9 Å². The Balaban J connectivity index is 2.53. The first kappa shape index (κ1) is 13.0. The molecule has 3 N–H and O–H groups in total. The molecule has 0 radical (unpaired) electrons. The Hall–Kier alpha value is -1.02. The van der Waals surface area contributed by atoms with Gasteiger partial charge in [0.25, 0.3) is 0 Å². The summed E-state index contributed by atoms with van der Waals surface area (Å²) >= 11 is 0. The average molecular weight is 220 g/mol. The number of nitrogens with two attached hydrogens (primary N) is 1. The van der Waals surface area contributed by atoms with Crippen molar-refractivity contribution in [2.24, 2.45) is 5.41 Å². The number of rotatable bonds is 5. The molecule has 0 aliphatic carbocycles. The Morgan fingerprint density at radius 2 is 2.00 bits per heavy atom. The fourth-order valence-corrected chi connectivity index (χ4v) is 1.56. The highest BCUT2D eigenvalue weighted by Crippen LogP contribution is 2.19. The van der Waals surface area contributed by atoms with Crippen LogP contribution in [0.4, 0.5) is 5.69 Å². The molecule has 0 spiro atoms. The molecular formula is C14H24N2. The van der Waals surface area contributed by atoms with E-state index < -0.39 is 0 Å². The van der Waals surface area contributed by atoms with Gasteiger partial charge in [-0.3, -0.25) is 0 Å². The van der Waals surface area contributed by atoms with Gasteiger partial charge in [-0.15, -0.1) is 0 Å². The zero-order valence-corrected chi connectivity index (χ0v) is 10.9. The van der Waals surface area contributed by atoms with E-state index in [0.29, 0.717) is 5.41 Å². The quantitative estimate of drug-likeness (QED) is 0.748. The van der Waals surface area contributed by atoms with Crippen LogP contribution in [0.1, 0.15) is 38.3 Å². The Morgan fingerprint density at radius 3 is 2.62 bits per heavy atom. The number of nitrogen functional groups attached to an aromatic ring is 1. The number of nitrogens with one attached hydrogen (secondary N) is 1. The zero-order chi connectivity index (χ0) is 12.2. The molecule has 0 aliphatic rings. The van der Waals surface area contributed by atoms with Gasteiger partial charge in [0.15, 0.2) is 0 Å². The molecule has 1 aromatic carbocycles. The molecule has 0 bridgehead atoms. The second kappa shape index (κ2) is 5.35. The van der Waals surface area contributed by atoms with Crippen molar-refractivity contribution in [3.05, 3.63) is 29.3 Å². The van der Waals surface area contributed by atoms with Crippen molar-refractivity contribution in [3.8, 4) is 0 Å². The molecular weight excluding hydrogens is 196 g/mol. The van der Waals surface area contributed by atoms with Crippen LogP contribution in [0, 0.1) is 12.3 Å². The predicted octanol–water partition coefficient (Wildman–Crippen LogP) is 3.10. The molecule has 0 amide bonds. The van der Waals surface area contributed by atoms with E-state index in [4.69, 9.17) is 5.73 Å². The molecule has 0 aromatic heterocycles. The first-order valence-electron chi connectivity index (χ1n) is 6.01. The van der Waals surface area contributed by atoms with Crippen molar-refractivity contribution >= 4 is 5.69 Å². The van der Waals surface area contributed by atoms with E-state index in [9.17, 15) is 0 Å². The summed E-state index contributed by atoms with van der Waals surface area (Å²) in [5.41, 5.74) is 9.63. The van der Waals surface area contributed by atoms with Gasteiger partial charge in [0.2, 0.25) is 0 Å². The summed E-state index contributed by atoms with van der Waals surface area (Å²) in [6.07, 6.45) is 1.19. The lowest BCUT2D eigenvalue weighted by Gasteiger charge is -2.23. The average Bonchev–Trinajstić information content (AvgIpc) is 2.24. The number of hydrogen-bond donors (Lipinski definition) is 2. The van der Waals surface area contributed by atoms with E-state index in [1.54, 1.807) is 0 Å². The minimum Gasteiger partial charge on any atom is -0.399 e. The van der Waals surface area contributed by atoms with Crippen molar-refractivity contribution in [2.75, 3.05) is 12.3 Å². The van der Waals surface area contributed by atoms with Gasteiger partial charge >= 0.3 is 0 Å². The van der Waals surface area contributed by atoms with Gasteiger partial charge in [0.1, 0.15) is 0 Å². The highest BCUT2D eigenvalue weighted by Gasteiger charge is 2.14. The number of hydrogen-bond acceptors (Lipinski definition) is 2. The van der Waals surface area contributed by atoms with E-state index in [1.807, 2.05) is 12.1 Å². The smallest absolute Gasteiger partial charge is 0.0346 e. The molecule has 0 saturated heterocycles. The zero-order valence-electron chi connectivity index (χ0n) is 10.9. The maximum atomic E-state index is 5.88. The Kier molecular flexibility index (Phi) is 4.36. The van der Waals surface area contributed by atoms with Crippen LogP contribution in [0.2, 0.25) is 0 Å². The molecule has 1 rings (SSSR count). The third-order valence-corrected chi connectivity index (χ3v) is 3.36.